The van der Waals surface area contributed by atoms with Crippen molar-refractivity contribution < 1.29 is 19.1 Å². The largest absolute Gasteiger partial charge is 0.497 e. The molecule has 1 amide bonds. The predicted octanol–water partition coefficient (Wildman–Crippen LogP) is 3.34. The molecule has 0 aliphatic carbocycles. The van der Waals surface area contributed by atoms with Crippen molar-refractivity contribution in [3.05, 3.63) is 58.3 Å². The molecule has 0 radical (unpaired) electrons. The topological polar surface area (TPSA) is 97.5 Å². The van der Waals surface area contributed by atoms with E-state index < -0.39 is 11.4 Å². The van der Waals surface area contributed by atoms with Crippen molar-refractivity contribution in [2.45, 2.75) is 13.8 Å². The minimum Gasteiger partial charge on any atom is -0.497 e. The van der Waals surface area contributed by atoms with Crippen LogP contribution in [0, 0.1) is 0 Å². The molecule has 1 heterocycles. The van der Waals surface area contributed by atoms with Crippen LogP contribution in [0.4, 0.5) is 5.69 Å². The molecule has 0 saturated carbocycles. The van der Waals surface area contributed by atoms with Gasteiger partial charge in [-0.15, -0.1) is 0 Å². The van der Waals surface area contributed by atoms with E-state index in [1.54, 1.807) is 49.4 Å². The number of aromatic amines is 1. The monoisotopic (exact) mass is 380 g/mol. The molecule has 2 N–H and O–H groups in total. The first-order valence-corrected chi connectivity index (χ1v) is 8.73. The number of methoxy groups -OCH3 is 1. The Bertz CT molecular complexity index is 1120. The quantitative estimate of drug-likeness (QED) is 0.662. The zero-order chi connectivity index (χ0) is 20.3. The number of amides is 1. The lowest BCUT2D eigenvalue weighted by molar-refractivity contribution is -0.114. The zero-order valence-electron chi connectivity index (χ0n) is 15.8. The predicted molar refractivity (Wildman–Crippen MR) is 107 cm³/mol. The summed E-state index contributed by atoms with van der Waals surface area (Å²) in [6, 6.07) is 11.8. The van der Waals surface area contributed by atoms with Gasteiger partial charge in [0.15, 0.2) is 0 Å². The van der Waals surface area contributed by atoms with Crippen LogP contribution in [0.15, 0.2) is 47.3 Å². The highest BCUT2D eigenvalue weighted by Crippen LogP contribution is 2.27. The summed E-state index contributed by atoms with van der Waals surface area (Å²) in [5.41, 5.74) is 1.44. The second kappa shape index (κ2) is 7.96. The number of ether oxygens (including phenoxy) is 2. The molecule has 0 saturated heterocycles. The lowest BCUT2D eigenvalue weighted by Crippen LogP contribution is -2.20. The lowest BCUT2D eigenvalue weighted by Gasteiger charge is -2.13. The van der Waals surface area contributed by atoms with Crippen molar-refractivity contribution in [1.82, 2.24) is 4.98 Å². The van der Waals surface area contributed by atoms with Gasteiger partial charge in [-0.2, -0.15) is 0 Å². The fraction of sp³-hybridized carbons (Fsp3) is 0.190. The fourth-order valence-corrected chi connectivity index (χ4v) is 2.97. The third-order valence-electron chi connectivity index (χ3n) is 4.16. The lowest BCUT2D eigenvalue weighted by atomic mass is 10.0. The van der Waals surface area contributed by atoms with Crippen LogP contribution < -0.4 is 15.5 Å². The van der Waals surface area contributed by atoms with E-state index in [0.717, 1.165) is 0 Å². The SMILES string of the molecule is CCOC(=O)c1c(-c2cccc(NC(C)=O)c2)[nH]c2cc(OC)ccc2c1=O. The second-order valence-electron chi connectivity index (χ2n) is 6.10. The molecule has 2 aromatic carbocycles. The van der Waals surface area contributed by atoms with Crippen LogP contribution in [0.5, 0.6) is 5.75 Å². The first kappa shape index (κ1) is 19.2. The molecule has 0 fully saturated rings. The van der Waals surface area contributed by atoms with Gasteiger partial charge in [-0.05, 0) is 31.2 Å². The Balaban J connectivity index is 2.29. The maximum atomic E-state index is 13.1. The van der Waals surface area contributed by atoms with Crippen LogP contribution in [0.1, 0.15) is 24.2 Å². The maximum Gasteiger partial charge on any atom is 0.344 e. The number of H-pyrrole nitrogens is 1. The summed E-state index contributed by atoms with van der Waals surface area (Å²) < 4.78 is 10.3. The number of carbonyl (C=O) groups is 2. The third-order valence-corrected chi connectivity index (χ3v) is 4.16. The van der Waals surface area contributed by atoms with Crippen molar-refractivity contribution in [3.63, 3.8) is 0 Å². The average Bonchev–Trinajstić information content (AvgIpc) is 2.67. The van der Waals surface area contributed by atoms with Gasteiger partial charge in [0.1, 0.15) is 11.3 Å². The third kappa shape index (κ3) is 3.73. The van der Waals surface area contributed by atoms with Gasteiger partial charge in [0.05, 0.1) is 24.9 Å². The molecular formula is C21H20N2O5. The molecule has 0 unspecified atom stereocenters. The summed E-state index contributed by atoms with van der Waals surface area (Å²) in [6.45, 7) is 3.22. The van der Waals surface area contributed by atoms with Crippen molar-refractivity contribution >= 4 is 28.5 Å². The summed E-state index contributed by atoms with van der Waals surface area (Å²) in [5, 5.41) is 3.04. The molecule has 3 rings (SSSR count). The first-order valence-electron chi connectivity index (χ1n) is 8.73. The number of esters is 1. The van der Waals surface area contributed by atoms with Gasteiger partial charge in [-0.3, -0.25) is 9.59 Å². The Labute approximate surface area is 161 Å². The Morgan fingerprint density at radius 1 is 1.14 bits per heavy atom. The van der Waals surface area contributed by atoms with Crippen molar-refractivity contribution in [2.75, 3.05) is 19.0 Å². The Morgan fingerprint density at radius 2 is 1.93 bits per heavy atom. The van der Waals surface area contributed by atoms with Gasteiger partial charge in [0.2, 0.25) is 11.3 Å². The molecule has 0 aliphatic rings. The van der Waals surface area contributed by atoms with Gasteiger partial charge in [-0.25, -0.2) is 4.79 Å². The molecule has 0 spiro atoms. The van der Waals surface area contributed by atoms with E-state index in [-0.39, 0.29) is 18.1 Å². The molecule has 0 aliphatic heterocycles. The summed E-state index contributed by atoms with van der Waals surface area (Å²) >= 11 is 0. The number of hydrogen-bond acceptors (Lipinski definition) is 5. The van der Waals surface area contributed by atoms with Gasteiger partial charge >= 0.3 is 5.97 Å². The average molecular weight is 380 g/mol. The van der Waals surface area contributed by atoms with Crippen LogP contribution in [0.25, 0.3) is 22.2 Å². The summed E-state index contributed by atoms with van der Waals surface area (Å²) in [5.74, 6) is -0.356. The van der Waals surface area contributed by atoms with Gasteiger partial charge in [-0.1, -0.05) is 12.1 Å². The molecule has 7 heteroatoms. The van der Waals surface area contributed by atoms with E-state index in [2.05, 4.69) is 10.3 Å². The summed E-state index contributed by atoms with van der Waals surface area (Å²) in [6.07, 6.45) is 0. The van der Waals surface area contributed by atoms with Crippen LogP contribution in [-0.4, -0.2) is 30.6 Å². The van der Waals surface area contributed by atoms with Gasteiger partial charge in [0.25, 0.3) is 0 Å². The van der Waals surface area contributed by atoms with Gasteiger partial charge in [0, 0.05) is 29.6 Å². The van der Waals surface area contributed by atoms with E-state index in [0.29, 0.717) is 33.6 Å². The number of nitrogens with one attached hydrogen (secondary N) is 2. The van der Waals surface area contributed by atoms with Crippen molar-refractivity contribution in [1.29, 1.82) is 0 Å². The highest BCUT2D eigenvalue weighted by Gasteiger charge is 2.22. The number of benzene rings is 2. The Hall–Kier alpha value is -3.61. The number of rotatable bonds is 5. The normalized spacial score (nSPS) is 10.5. The number of fused-ring (bicyclic) bond motifs is 1. The molecule has 144 valence electrons. The van der Waals surface area contributed by atoms with E-state index in [1.165, 1.54) is 14.0 Å². The number of pyridine rings is 1. The van der Waals surface area contributed by atoms with Crippen molar-refractivity contribution in [2.24, 2.45) is 0 Å². The van der Waals surface area contributed by atoms with Gasteiger partial charge < -0.3 is 19.8 Å². The van der Waals surface area contributed by atoms with Crippen LogP contribution in [0.2, 0.25) is 0 Å². The smallest absolute Gasteiger partial charge is 0.344 e. The van der Waals surface area contributed by atoms with Crippen molar-refractivity contribution in [3.8, 4) is 17.0 Å². The van der Waals surface area contributed by atoms with E-state index >= 15 is 0 Å². The number of hydrogen-bond donors (Lipinski definition) is 2. The molecule has 3 aromatic rings. The van der Waals surface area contributed by atoms with Crippen LogP contribution >= 0.6 is 0 Å². The first-order chi connectivity index (χ1) is 13.4. The molecule has 0 bridgehead atoms. The number of anilines is 1. The molecule has 7 nitrogen and oxygen atoms in total. The zero-order valence-corrected chi connectivity index (χ0v) is 15.8. The Kier molecular flexibility index (Phi) is 5.44. The summed E-state index contributed by atoms with van der Waals surface area (Å²) in [4.78, 5) is 40.1. The number of aromatic nitrogens is 1. The fourth-order valence-electron chi connectivity index (χ4n) is 2.97. The minimum absolute atomic E-state index is 0.0838. The molecule has 0 atom stereocenters. The highest BCUT2D eigenvalue weighted by atomic mass is 16.5. The highest BCUT2D eigenvalue weighted by molar-refractivity contribution is 6.01. The summed E-state index contributed by atoms with van der Waals surface area (Å²) in [7, 11) is 1.53. The Morgan fingerprint density at radius 3 is 2.61 bits per heavy atom. The van der Waals surface area contributed by atoms with Crippen LogP contribution in [0.3, 0.4) is 0 Å². The molecular weight excluding hydrogens is 360 g/mol. The van der Waals surface area contributed by atoms with Crippen LogP contribution in [-0.2, 0) is 9.53 Å². The van der Waals surface area contributed by atoms with E-state index in [9.17, 15) is 14.4 Å². The maximum absolute atomic E-state index is 13.1. The van der Waals surface area contributed by atoms with E-state index in [4.69, 9.17) is 9.47 Å². The molecule has 1 aromatic heterocycles. The van der Waals surface area contributed by atoms with E-state index in [1.807, 2.05) is 0 Å². The molecule has 28 heavy (non-hydrogen) atoms. The standard InChI is InChI=1S/C21H20N2O5/c1-4-28-21(26)18-19(13-6-5-7-14(10-13)22-12(2)24)23-17-11-15(27-3)8-9-16(17)20(18)25/h5-11H,4H2,1-3H3,(H,22,24)(H,23,25). The minimum atomic E-state index is -0.707. The number of carbonyl (C=O) groups excluding carboxylic acids is 2. The second-order valence-corrected chi connectivity index (χ2v) is 6.10.